The predicted molar refractivity (Wildman–Crippen MR) is 91.5 cm³/mol. The Balaban J connectivity index is 1.61. The lowest BCUT2D eigenvalue weighted by molar-refractivity contribution is -0.126. The minimum atomic E-state index is -0.297. The van der Waals surface area contributed by atoms with E-state index in [1.165, 1.54) is 29.9 Å². The van der Waals surface area contributed by atoms with Gasteiger partial charge < -0.3 is 10.2 Å². The fourth-order valence-electron chi connectivity index (χ4n) is 3.13. The van der Waals surface area contributed by atoms with Crippen molar-refractivity contribution in [3.8, 4) is 0 Å². The van der Waals surface area contributed by atoms with Gasteiger partial charge in [0, 0.05) is 18.3 Å². The maximum Gasteiger partial charge on any atom is 0.264 e. The third-order valence-electron chi connectivity index (χ3n) is 4.33. The summed E-state index contributed by atoms with van der Waals surface area (Å²) in [6.07, 6.45) is 5.22. The van der Waals surface area contributed by atoms with Crippen LogP contribution in [0.5, 0.6) is 0 Å². The van der Waals surface area contributed by atoms with Crippen molar-refractivity contribution in [1.29, 1.82) is 0 Å². The molecular weight excluding hydrogens is 316 g/mol. The van der Waals surface area contributed by atoms with Gasteiger partial charge in [-0.3, -0.25) is 9.59 Å². The molecule has 3 heterocycles. The number of hydrogen-bond donors (Lipinski definition) is 1. The summed E-state index contributed by atoms with van der Waals surface area (Å²) in [6.45, 7) is 1.42. The summed E-state index contributed by atoms with van der Waals surface area (Å²) in [7, 11) is 0. The highest BCUT2D eigenvalue weighted by atomic mass is 32.2. The van der Waals surface area contributed by atoms with Crippen molar-refractivity contribution in [2.75, 3.05) is 18.8 Å². The highest BCUT2D eigenvalue weighted by molar-refractivity contribution is 8.00. The summed E-state index contributed by atoms with van der Waals surface area (Å²) < 4.78 is 0. The Kier molecular flexibility index (Phi) is 5.41. The molecule has 0 spiro atoms. The number of nitrogens with one attached hydrogen (secondary N) is 1. The number of piperidine rings is 1. The van der Waals surface area contributed by atoms with Gasteiger partial charge in [0.1, 0.15) is 6.04 Å². The molecule has 0 saturated carbocycles. The van der Waals surface area contributed by atoms with Crippen molar-refractivity contribution in [3.05, 3.63) is 22.4 Å². The summed E-state index contributed by atoms with van der Waals surface area (Å²) in [5.74, 6) is 1.23. The smallest absolute Gasteiger partial charge is 0.264 e. The van der Waals surface area contributed by atoms with Crippen LogP contribution < -0.4 is 5.32 Å². The quantitative estimate of drug-likeness (QED) is 0.918. The molecule has 1 aromatic rings. The van der Waals surface area contributed by atoms with Crippen molar-refractivity contribution < 1.29 is 9.59 Å². The lowest BCUT2D eigenvalue weighted by Gasteiger charge is -2.34. The maximum atomic E-state index is 12.6. The third kappa shape index (κ3) is 3.66. The Hall–Kier alpha value is -1.01. The van der Waals surface area contributed by atoms with Crippen LogP contribution in [0.25, 0.3) is 0 Å². The topological polar surface area (TPSA) is 49.4 Å². The van der Waals surface area contributed by atoms with Gasteiger partial charge in [-0.25, -0.2) is 0 Å². The standard InChI is InChI=1S/C16H22N2O2S2/c19-15(17-11-12-5-3-9-21-12)13-6-1-2-8-18(13)16(20)14-7-4-10-22-14/h4,7,10,12-13H,1-3,5-6,8-9,11H2,(H,17,19)/t12-,13-/m0/s1. The van der Waals surface area contributed by atoms with E-state index in [1.807, 2.05) is 29.3 Å². The van der Waals surface area contributed by atoms with Gasteiger partial charge in [-0.2, -0.15) is 11.8 Å². The molecule has 0 unspecified atom stereocenters. The van der Waals surface area contributed by atoms with Crippen LogP contribution in [0.15, 0.2) is 17.5 Å². The molecule has 0 aromatic carbocycles. The summed E-state index contributed by atoms with van der Waals surface area (Å²) >= 11 is 3.39. The number of thiophene rings is 1. The van der Waals surface area contributed by atoms with Gasteiger partial charge in [-0.15, -0.1) is 11.3 Å². The minimum absolute atomic E-state index is 0.00471. The number of hydrogen-bond acceptors (Lipinski definition) is 4. The molecule has 2 atom stereocenters. The Morgan fingerprint density at radius 3 is 2.91 bits per heavy atom. The van der Waals surface area contributed by atoms with Gasteiger partial charge >= 0.3 is 0 Å². The molecule has 2 amide bonds. The van der Waals surface area contributed by atoms with Crippen LogP contribution >= 0.6 is 23.1 Å². The molecule has 120 valence electrons. The molecular formula is C16H22N2O2S2. The normalized spacial score (nSPS) is 25.2. The molecule has 4 nitrogen and oxygen atoms in total. The number of rotatable bonds is 4. The molecule has 0 bridgehead atoms. The first-order valence-corrected chi connectivity index (χ1v) is 9.92. The lowest BCUT2D eigenvalue weighted by Crippen LogP contribution is -2.52. The predicted octanol–water partition coefficient (Wildman–Crippen LogP) is 2.75. The van der Waals surface area contributed by atoms with Crippen molar-refractivity contribution in [2.45, 2.75) is 43.4 Å². The van der Waals surface area contributed by atoms with Gasteiger partial charge in [0.2, 0.25) is 5.91 Å². The maximum absolute atomic E-state index is 12.6. The summed E-state index contributed by atoms with van der Waals surface area (Å²) in [5.41, 5.74) is 0. The molecule has 1 N–H and O–H groups in total. The molecule has 2 fully saturated rings. The molecule has 0 aliphatic carbocycles. The first kappa shape index (κ1) is 15.9. The van der Waals surface area contributed by atoms with Crippen molar-refractivity contribution in [2.24, 2.45) is 0 Å². The molecule has 2 aliphatic heterocycles. The largest absolute Gasteiger partial charge is 0.353 e. The summed E-state index contributed by atoms with van der Waals surface area (Å²) in [5, 5.41) is 5.53. The highest BCUT2D eigenvalue weighted by Crippen LogP contribution is 2.26. The average molecular weight is 338 g/mol. The number of nitrogens with zero attached hydrogens (tertiary/aromatic N) is 1. The number of amides is 2. The van der Waals surface area contributed by atoms with Crippen LogP contribution in [0.4, 0.5) is 0 Å². The number of likely N-dealkylation sites (tertiary alicyclic amines) is 1. The van der Waals surface area contributed by atoms with E-state index in [1.54, 1.807) is 4.90 Å². The molecule has 0 radical (unpaired) electrons. The van der Waals surface area contributed by atoms with E-state index in [-0.39, 0.29) is 17.9 Å². The molecule has 2 aliphatic rings. The molecule has 22 heavy (non-hydrogen) atoms. The SMILES string of the molecule is O=C(NC[C@@H]1CCCS1)[C@@H]1CCCCN1C(=O)c1cccs1. The fourth-order valence-corrected chi connectivity index (χ4v) is 5.01. The highest BCUT2D eigenvalue weighted by Gasteiger charge is 2.33. The number of thioether (sulfide) groups is 1. The van der Waals surface area contributed by atoms with Crippen LogP contribution in [0, 0.1) is 0 Å². The summed E-state index contributed by atoms with van der Waals surface area (Å²) in [6, 6.07) is 3.43. The van der Waals surface area contributed by atoms with E-state index in [0.717, 1.165) is 30.7 Å². The third-order valence-corrected chi connectivity index (χ3v) is 6.58. The fraction of sp³-hybridized carbons (Fsp3) is 0.625. The van der Waals surface area contributed by atoms with Crippen LogP contribution in [0.1, 0.15) is 41.8 Å². The molecule has 3 rings (SSSR count). The van der Waals surface area contributed by atoms with Gasteiger partial charge in [0.05, 0.1) is 4.88 Å². The van der Waals surface area contributed by atoms with E-state index < -0.39 is 0 Å². The second-order valence-corrected chi connectivity index (χ2v) is 8.22. The summed E-state index contributed by atoms with van der Waals surface area (Å²) in [4.78, 5) is 27.6. The second kappa shape index (κ2) is 7.51. The molecule has 6 heteroatoms. The zero-order valence-electron chi connectivity index (χ0n) is 12.6. The van der Waals surface area contributed by atoms with E-state index in [2.05, 4.69) is 5.32 Å². The zero-order valence-corrected chi connectivity index (χ0v) is 14.3. The van der Waals surface area contributed by atoms with Gasteiger partial charge in [0.15, 0.2) is 0 Å². The van der Waals surface area contributed by atoms with E-state index >= 15 is 0 Å². The first-order chi connectivity index (χ1) is 10.8. The Bertz CT molecular complexity index is 512. The second-order valence-electron chi connectivity index (χ2n) is 5.87. The Morgan fingerprint density at radius 2 is 2.18 bits per heavy atom. The number of carbonyl (C=O) groups excluding carboxylic acids is 2. The average Bonchev–Trinajstić information content (AvgIpc) is 3.25. The van der Waals surface area contributed by atoms with Crippen LogP contribution in [-0.4, -0.2) is 46.8 Å². The van der Waals surface area contributed by atoms with Crippen LogP contribution in [0.2, 0.25) is 0 Å². The van der Waals surface area contributed by atoms with E-state index in [9.17, 15) is 9.59 Å². The van der Waals surface area contributed by atoms with E-state index in [4.69, 9.17) is 0 Å². The van der Waals surface area contributed by atoms with Crippen LogP contribution in [0.3, 0.4) is 0 Å². The van der Waals surface area contributed by atoms with E-state index in [0.29, 0.717) is 11.8 Å². The molecule has 1 aromatic heterocycles. The van der Waals surface area contributed by atoms with Gasteiger partial charge in [0.25, 0.3) is 5.91 Å². The minimum Gasteiger partial charge on any atom is -0.353 e. The van der Waals surface area contributed by atoms with Crippen molar-refractivity contribution in [3.63, 3.8) is 0 Å². The van der Waals surface area contributed by atoms with Crippen molar-refractivity contribution >= 4 is 34.9 Å². The molecule has 2 saturated heterocycles. The number of carbonyl (C=O) groups is 2. The van der Waals surface area contributed by atoms with Crippen LogP contribution in [-0.2, 0) is 4.79 Å². The zero-order chi connectivity index (χ0) is 15.4. The Labute approximate surface area is 139 Å². The van der Waals surface area contributed by atoms with Gasteiger partial charge in [-0.1, -0.05) is 6.07 Å². The monoisotopic (exact) mass is 338 g/mol. The Morgan fingerprint density at radius 1 is 1.27 bits per heavy atom. The lowest BCUT2D eigenvalue weighted by atomic mass is 10.0. The first-order valence-electron chi connectivity index (χ1n) is 7.99. The van der Waals surface area contributed by atoms with Gasteiger partial charge in [-0.05, 0) is 49.3 Å². The van der Waals surface area contributed by atoms with Crippen molar-refractivity contribution in [1.82, 2.24) is 10.2 Å².